The summed E-state index contributed by atoms with van der Waals surface area (Å²) in [4.78, 5) is 0. The molecule has 0 aliphatic rings. The normalized spacial score (nSPS) is 14.4. The zero-order valence-corrected chi connectivity index (χ0v) is 7.62. The molecule has 0 spiro atoms. The molecule has 0 saturated heterocycles. The van der Waals surface area contributed by atoms with Crippen LogP contribution in [0.1, 0.15) is 25.5 Å². The second-order valence-electron chi connectivity index (χ2n) is 2.92. The lowest BCUT2D eigenvalue weighted by Crippen LogP contribution is -2.10. The monoisotopic (exact) mass is 161 g/mol. The summed E-state index contributed by atoms with van der Waals surface area (Å²) in [5.41, 5.74) is 8.36. The predicted molar refractivity (Wildman–Crippen MR) is 52.8 cm³/mol. The Morgan fingerprint density at radius 1 is 1.33 bits per heavy atom. The topological polar surface area (TPSA) is 26.0 Å². The average molecular weight is 161 g/mol. The van der Waals surface area contributed by atoms with Gasteiger partial charge in [0.05, 0.1) is 6.04 Å². The van der Waals surface area contributed by atoms with E-state index in [1.807, 2.05) is 25.1 Å². The number of hydrogen-bond donors (Lipinski definition) is 1. The molecule has 0 aliphatic carbocycles. The highest BCUT2D eigenvalue weighted by Crippen LogP contribution is 2.17. The minimum Gasteiger partial charge on any atom is -0.321 e. The van der Waals surface area contributed by atoms with Gasteiger partial charge in [0.15, 0.2) is 0 Å². The highest BCUT2D eigenvalue weighted by molar-refractivity contribution is 5.26. The number of benzene rings is 1. The van der Waals surface area contributed by atoms with Crippen molar-refractivity contribution in [3.05, 3.63) is 47.5 Å². The highest BCUT2D eigenvalue weighted by Gasteiger charge is 2.04. The van der Waals surface area contributed by atoms with Crippen LogP contribution in [0.25, 0.3) is 0 Å². The van der Waals surface area contributed by atoms with Crippen LogP contribution < -0.4 is 5.73 Å². The van der Waals surface area contributed by atoms with Crippen LogP contribution in [0.5, 0.6) is 0 Å². The molecule has 12 heavy (non-hydrogen) atoms. The lowest BCUT2D eigenvalue weighted by atomic mass is 10.0. The van der Waals surface area contributed by atoms with Gasteiger partial charge in [-0.15, -0.1) is 0 Å². The first-order valence-electron chi connectivity index (χ1n) is 4.19. The molecule has 1 rings (SSSR count). The fourth-order valence-electron chi connectivity index (χ4n) is 1.10. The molecule has 1 nitrogen and oxygen atoms in total. The number of allylic oxidation sites excluding steroid dienone is 1. The minimum atomic E-state index is 0.0520. The van der Waals surface area contributed by atoms with E-state index in [0.717, 1.165) is 0 Å². The van der Waals surface area contributed by atoms with Crippen molar-refractivity contribution >= 4 is 0 Å². The van der Waals surface area contributed by atoms with Crippen LogP contribution in [0.15, 0.2) is 42.0 Å². The van der Waals surface area contributed by atoms with Crippen molar-refractivity contribution in [3.63, 3.8) is 0 Å². The van der Waals surface area contributed by atoms with Crippen molar-refractivity contribution in [3.8, 4) is 0 Å². The van der Waals surface area contributed by atoms with E-state index in [1.165, 1.54) is 11.1 Å². The van der Waals surface area contributed by atoms with Crippen LogP contribution in [0.2, 0.25) is 0 Å². The lowest BCUT2D eigenvalue weighted by Gasteiger charge is -2.11. The molecule has 0 saturated carbocycles. The Hall–Kier alpha value is -1.08. The van der Waals surface area contributed by atoms with Crippen molar-refractivity contribution in [2.75, 3.05) is 0 Å². The van der Waals surface area contributed by atoms with Crippen molar-refractivity contribution in [1.29, 1.82) is 0 Å². The van der Waals surface area contributed by atoms with Gasteiger partial charge in [0.2, 0.25) is 0 Å². The van der Waals surface area contributed by atoms with E-state index in [2.05, 4.69) is 25.1 Å². The minimum absolute atomic E-state index is 0.0520. The van der Waals surface area contributed by atoms with Crippen LogP contribution in [-0.4, -0.2) is 0 Å². The standard InChI is InChI=1S/C11H15N/c1-3-9(2)11(12)10-7-5-4-6-8-10/h3-8,11H,12H2,1-2H3. The van der Waals surface area contributed by atoms with E-state index in [-0.39, 0.29) is 6.04 Å². The van der Waals surface area contributed by atoms with Gasteiger partial charge in [-0.25, -0.2) is 0 Å². The summed E-state index contributed by atoms with van der Waals surface area (Å²) in [5, 5.41) is 0. The third-order valence-electron chi connectivity index (χ3n) is 2.10. The molecule has 64 valence electrons. The van der Waals surface area contributed by atoms with Crippen molar-refractivity contribution in [2.24, 2.45) is 5.73 Å². The van der Waals surface area contributed by atoms with Gasteiger partial charge < -0.3 is 5.73 Å². The number of nitrogens with two attached hydrogens (primary N) is 1. The summed E-state index contributed by atoms with van der Waals surface area (Å²) in [6.07, 6.45) is 2.05. The maximum Gasteiger partial charge on any atom is 0.0508 e. The molecule has 0 bridgehead atoms. The Morgan fingerprint density at radius 2 is 1.92 bits per heavy atom. The molecular weight excluding hydrogens is 146 g/mol. The Kier molecular flexibility index (Phi) is 3.06. The fourth-order valence-corrected chi connectivity index (χ4v) is 1.10. The van der Waals surface area contributed by atoms with E-state index >= 15 is 0 Å². The van der Waals surface area contributed by atoms with E-state index in [1.54, 1.807) is 0 Å². The van der Waals surface area contributed by atoms with Crippen molar-refractivity contribution in [1.82, 2.24) is 0 Å². The predicted octanol–water partition coefficient (Wildman–Crippen LogP) is 2.65. The summed E-state index contributed by atoms with van der Waals surface area (Å²) < 4.78 is 0. The quantitative estimate of drug-likeness (QED) is 0.663. The van der Waals surface area contributed by atoms with Crippen LogP contribution in [0.4, 0.5) is 0 Å². The Labute approximate surface area is 73.9 Å². The van der Waals surface area contributed by atoms with E-state index in [4.69, 9.17) is 5.73 Å². The maximum atomic E-state index is 5.98. The Balaban J connectivity index is 2.86. The zero-order chi connectivity index (χ0) is 8.97. The van der Waals surface area contributed by atoms with Gasteiger partial charge in [0, 0.05) is 0 Å². The van der Waals surface area contributed by atoms with Gasteiger partial charge in [-0.05, 0) is 19.4 Å². The highest BCUT2D eigenvalue weighted by atomic mass is 14.6. The van der Waals surface area contributed by atoms with Gasteiger partial charge in [0.25, 0.3) is 0 Å². The van der Waals surface area contributed by atoms with E-state index in [9.17, 15) is 0 Å². The van der Waals surface area contributed by atoms with Crippen molar-refractivity contribution in [2.45, 2.75) is 19.9 Å². The first-order valence-corrected chi connectivity index (χ1v) is 4.19. The molecule has 0 amide bonds. The lowest BCUT2D eigenvalue weighted by molar-refractivity contribution is 0.844. The van der Waals surface area contributed by atoms with Crippen LogP contribution >= 0.6 is 0 Å². The molecule has 1 heteroatoms. The third kappa shape index (κ3) is 1.95. The fraction of sp³-hybridized carbons (Fsp3) is 0.273. The smallest absolute Gasteiger partial charge is 0.0508 e. The Bertz CT molecular complexity index is 262. The molecule has 1 unspecified atom stereocenters. The average Bonchev–Trinajstić information content (AvgIpc) is 2.17. The summed E-state index contributed by atoms with van der Waals surface area (Å²) >= 11 is 0. The van der Waals surface area contributed by atoms with E-state index < -0.39 is 0 Å². The molecule has 0 aromatic heterocycles. The molecule has 0 radical (unpaired) electrons. The summed E-state index contributed by atoms with van der Waals surface area (Å²) in [7, 11) is 0. The van der Waals surface area contributed by atoms with Gasteiger partial charge in [0.1, 0.15) is 0 Å². The molecular formula is C11H15N. The summed E-state index contributed by atoms with van der Waals surface area (Å²) in [6.45, 7) is 4.07. The first kappa shape index (κ1) is 9.01. The molecule has 2 N–H and O–H groups in total. The molecule has 1 aromatic carbocycles. The van der Waals surface area contributed by atoms with Crippen molar-refractivity contribution < 1.29 is 0 Å². The van der Waals surface area contributed by atoms with Crippen LogP contribution in [-0.2, 0) is 0 Å². The molecule has 0 heterocycles. The Morgan fingerprint density at radius 3 is 2.42 bits per heavy atom. The summed E-state index contributed by atoms with van der Waals surface area (Å²) in [5.74, 6) is 0. The third-order valence-corrected chi connectivity index (χ3v) is 2.10. The first-order chi connectivity index (χ1) is 5.75. The second-order valence-corrected chi connectivity index (χ2v) is 2.92. The van der Waals surface area contributed by atoms with Gasteiger partial charge in [-0.2, -0.15) is 0 Å². The van der Waals surface area contributed by atoms with Gasteiger partial charge in [-0.1, -0.05) is 42.0 Å². The van der Waals surface area contributed by atoms with Crippen LogP contribution in [0.3, 0.4) is 0 Å². The van der Waals surface area contributed by atoms with E-state index in [0.29, 0.717) is 0 Å². The molecule has 1 aromatic rings. The SMILES string of the molecule is CC=C(C)C(N)c1ccccc1. The maximum absolute atomic E-state index is 5.98. The number of rotatable bonds is 2. The van der Waals surface area contributed by atoms with Crippen LogP contribution in [0, 0.1) is 0 Å². The molecule has 0 fully saturated rings. The largest absolute Gasteiger partial charge is 0.321 e. The van der Waals surface area contributed by atoms with Gasteiger partial charge >= 0.3 is 0 Å². The number of hydrogen-bond acceptors (Lipinski definition) is 1. The summed E-state index contributed by atoms with van der Waals surface area (Å²) in [6, 6.07) is 10.2. The molecule has 1 atom stereocenters. The zero-order valence-electron chi connectivity index (χ0n) is 7.62. The molecule has 0 aliphatic heterocycles. The van der Waals surface area contributed by atoms with Gasteiger partial charge in [-0.3, -0.25) is 0 Å². The second kappa shape index (κ2) is 4.07.